The van der Waals surface area contributed by atoms with Crippen LogP contribution in [0, 0.1) is 0 Å². The number of aromatic nitrogens is 2. The highest BCUT2D eigenvalue weighted by Crippen LogP contribution is 2.57. The Hall–Kier alpha value is -15.0. The number of nitrogens with zero attached hydrogens (tertiary/aromatic N) is 4. The molecule has 0 amide bonds. The van der Waals surface area contributed by atoms with E-state index in [1.807, 2.05) is 24.3 Å². The second kappa shape index (κ2) is 25.7. The molecule has 2 aromatic heterocycles. The smallest absolute Gasteiger partial charge is 0.252 e. The molecule has 25 rings (SSSR count). The molecule has 2 aliphatic heterocycles. The minimum absolute atomic E-state index is 0.0619. The van der Waals surface area contributed by atoms with E-state index in [4.69, 9.17) is 0 Å². The molecule has 0 N–H and O–H groups in total. The van der Waals surface area contributed by atoms with E-state index >= 15 is 0 Å². The maximum absolute atomic E-state index is 10.1. The summed E-state index contributed by atoms with van der Waals surface area (Å²) in [5, 5.41) is 15.8. The molecule has 21 aromatic carbocycles. The first kappa shape index (κ1) is 53.2. The van der Waals surface area contributed by atoms with Gasteiger partial charge in [-0.05, 0) is 221 Å². The number of para-hydroxylation sites is 6. The molecule has 0 radical (unpaired) electrons. The van der Waals surface area contributed by atoms with Gasteiger partial charge in [-0.3, -0.25) is 0 Å². The van der Waals surface area contributed by atoms with Crippen LogP contribution in [0.1, 0.15) is 48.3 Å². The van der Waals surface area contributed by atoms with Crippen molar-refractivity contribution in [1.82, 2.24) is 9.13 Å². The number of rotatable bonds is 8. The summed E-state index contributed by atoms with van der Waals surface area (Å²) >= 11 is 0. The van der Waals surface area contributed by atoms with Crippen molar-refractivity contribution in [2.75, 3.05) is 9.80 Å². The van der Waals surface area contributed by atoms with Gasteiger partial charge in [0.1, 0.15) is 0 Å². The summed E-state index contributed by atoms with van der Waals surface area (Å²) < 4.78 is 158. The molecule has 5 heteroatoms. The summed E-state index contributed by atoms with van der Waals surface area (Å²) in [5.41, 5.74) is 13.8. The minimum atomic E-state index is -0.845. The fraction of sp³-hybridized carbons (Fsp3) is 0.0351. The van der Waals surface area contributed by atoms with Gasteiger partial charge in [-0.15, -0.1) is 0 Å². The number of hydrogen-bond donors (Lipinski definition) is 0. The summed E-state index contributed by atoms with van der Waals surface area (Å²) in [6.45, 7) is 5.78. The van der Waals surface area contributed by atoms with Gasteiger partial charge in [0, 0.05) is 77.9 Å². The first-order valence-corrected chi connectivity index (χ1v) is 40.3. The predicted molar refractivity (Wildman–Crippen MR) is 510 cm³/mol. The molecule has 0 bridgehead atoms. The summed E-state index contributed by atoms with van der Waals surface area (Å²) in [5.74, 6) is 0. The van der Waals surface area contributed by atoms with E-state index in [9.17, 15) is 21.9 Å². The number of benzene rings is 21. The van der Waals surface area contributed by atoms with Crippen molar-refractivity contribution in [1.29, 1.82) is 0 Å². The van der Waals surface area contributed by atoms with E-state index in [1.54, 1.807) is 9.13 Å². The van der Waals surface area contributed by atoms with Gasteiger partial charge in [-0.1, -0.05) is 336 Å². The lowest BCUT2D eigenvalue weighted by atomic mass is 9.33. The Labute approximate surface area is 711 Å². The average Bonchev–Trinajstić information content (AvgIpc) is 1.58. The van der Waals surface area contributed by atoms with Crippen LogP contribution >= 0.6 is 0 Å². The summed E-state index contributed by atoms with van der Waals surface area (Å²) in [6.07, 6.45) is 0. The molecular weight excluding hydrogens is 1440 g/mol. The van der Waals surface area contributed by atoms with Gasteiger partial charge >= 0.3 is 0 Å². The van der Waals surface area contributed by atoms with Crippen LogP contribution in [-0.2, 0) is 5.41 Å². The Morgan fingerprint density at radius 1 is 0.235 bits per heavy atom. The molecule has 0 saturated carbocycles. The molecule has 0 fully saturated rings. The van der Waals surface area contributed by atoms with E-state index in [1.165, 1.54) is 0 Å². The van der Waals surface area contributed by atoms with Crippen LogP contribution in [0.5, 0.6) is 0 Å². The molecule has 0 unspecified atom stereocenters. The number of hydrogen-bond acceptors (Lipinski definition) is 2. The Morgan fingerprint density at radius 3 is 0.798 bits per heavy atom. The van der Waals surface area contributed by atoms with Crippen molar-refractivity contribution in [2.45, 2.75) is 26.2 Å². The Balaban J connectivity index is 0.910. The van der Waals surface area contributed by atoms with Crippen LogP contribution in [0.25, 0.3) is 186 Å². The second-order valence-corrected chi connectivity index (χ2v) is 32.5. The molecular formula is C114H75BN4. The molecule has 119 heavy (non-hydrogen) atoms. The zero-order chi connectivity index (χ0) is 92.4. The van der Waals surface area contributed by atoms with Gasteiger partial charge in [-0.2, -0.15) is 0 Å². The second-order valence-electron chi connectivity index (χ2n) is 32.5. The van der Waals surface area contributed by atoms with Gasteiger partial charge in [0.25, 0.3) is 6.71 Å². The largest absolute Gasteiger partial charge is 0.310 e. The number of anilines is 6. The van der Waals surface area contributed by atoms with E-state index in [-0.39, 0.29) is 43.6 Å². The quantitative estimate of drug-likeness (QED) is 0.111. The minimum Gasteiger partial charge on any atom is -0.310 e. The predicted octanol–water partition coefficient (Wildman–Crippen LogP) is 29.2. The zero-order valence-electron chi connectivity index (χ0n) is 80.7. The van der Waals surface area contributed by atoms with Crippen LogP contribution in [0.3, 0.4) is 0 Å². The Morgan fingerprint density at radius 2 is 0.504 bits per heavy atom. The third-order valence-corrected chi connectivity index (χ3v) is 25.2. The van der Waals surface area contributed by atoms with Crippen LogP contribution in [0.2, 0.25) is 0 Å². The van der Waals surface area contributed by atoms with Gasteiger partial charge in [-0.25, -0.2) is 0 Å². The lowest BCUT2D eigenvalue weighted by Crippen LogP contribution is -2.61. The molecule has 4 heterocycles. The SMILES string of the molecule is [2H]c1c([2H])c([2H])c2c(c1[2H])c1c([2H])c([2H])c([2H])c([2H])c1n2-c1ccc2c(c1)N(c1c(-c3cc4ccccc4c4ccccc34)cccc1-c1cc3ccccc3c3ccccc13)c1cc(C(C)(C)C)cc3c1B2c1ccc(-n2c4c([2H])c([2H])c([2H])c([2H])c4c4c([2H])c([2H])c([2H])c([2H])c42)cc1N3c1c(-c2cc3ccccc3c3ccccc23)cccc1-c1cc2ccccc2c2ccccc12. The molecule has 2 aliphatic rings. The first-order valence-electron chi connectivity index (χ1n) is 48.3. The van der Waals surface area contributed by atoms with Crippen molar-refractivity contribution < 1.29 is 21.9 Å². The van der Waals surface area contributed by atoms with E-state index in [2.05, 4.69) is 310 Å². The Bertz CT molecular complexity index is 8430. The maximum atomic E-state index is 10.1. The molecule has 0 aliphatic carbocycles. The van der Waals surface area contributed by atoms with Crippen molar-refractivity contribution in [3.63, 3.8) is 0 Å². The molecule has 4 nitrogen and oxygen atoms in total. The Kier molecular flexibility index (Phi) is 11.5. The van der Waals surface area contributed by atoms with E-state index in [0.29, 0.717) is 22.7 Å². The summed E-state index contributed by atoms with van der Waals surface area (Å²) in [6, 6.07) is 98.4. The molecule has 0 saturated heterocycles. The highest BCUT2D eigenvalue weighted by molar-refractivity contribution is 7.00. The van der Waals surface area contributed by atoms with Crippen LogP contribution in [-0.4, -0.2) is 15.8 Å². The van der Waals surface area contributed by atoms with Gasteiger partial charge in [0.15, 0.2) is 0 Å². The third kappa shape index (κ3) is 9.94. The summed E-state index contributed by atoms with van der Waals surface area (Å²) in [7, 11) is 0. The van der Waals surface area contributed by atoms with Crippen LogP contribution < -0.4 is 26.2 Å². The normalized spacial score (nSPS) is 14.7. The van der Waals surface area contributed by atoms with Crippen molar-refractivity contribution in [3.05, 3.63) is 406 Å². The topological polar surface area (TPSA) is 16.3 Å². The third-order valence-electron chi connectivity index (χ3n) is 25.2. The standard InChI is InChI=1S/C114H75BN4/c1-114(2,3)74-66-109-111-110(67-74)119(113-95(99-64-72-32-6-10-36-79(72)83-40-14-18-44-87(83)99)52-29-53-96(113)100-65-73-33-7-11-37-80(73)84-41-15-19-45-88(84)100)108-69-76(117-105-56-26-22-48-91(105)92-49-23-27-57-106(92)117)59-61-102(108)115(111)101-60-58-75(116-103-54-24-20-46-89(103)90-47-21-25-55-104(90)116)68-107(101)118(109)112-93(97-62-70-30-4-8-34-77(70)81-38-12-16-42-85(81)97)50-28-51-94(112)98-63-71-31-5-9-35-78(71)82-39-13-17-43-86(82)98/h4-69H,1-3H3/i20D,21D,22D,23D,24D,25D,26D,27D,46D,47D,48D,49D,54D,55D,56D,57D. The van der Waals surface area contributed by atoms with Gasteiger partial charge in [0.05, 0.1) is 55.4 Å². The highest BCUT2D eigenvalue weighted by atomic mass is 15.2. The van der Waals surface area contributed by atoms with Gasteiger partial charge < -0.3 is 18.9 Å². The lowest BCUT2D eigenvalue weighted by molar-refractivity contribution is 0.590. The highest BCUT2D eigenvalue weighted by Gasteiger charge is 2.47. The number of fused-ring (bicyclic) bond motifs is 22. The molecule has 23 aromatic rings. The van der Waals surface area contributed by atoms with Crippen molar-refractivity contribution in [3.8, 4) is 55.9 Å². The summed E-state index contributed by atoms with van der Waals surface area (Å²) in [4.78, 5) is 4.80. The molecule has 0 spiro atoms. The first-order chi connectivity index (χ1) is 65.4. The van der Waals surface area contributed by atoms with Crippen molar-refractivity contribution in [2.24, 2.45) is 0 Å². The van der Waals surface area contributed by atoms with Crippen LogP contribution in [0.4, 0.5) is 34.1 Å². The average molecular weight is 1530 g/mol. The fourth-order valence-electron chi connectivity index (χ4n) is 20.1. The fourth-order valence-corrected chi connectivity index (χ4v) is 20.1. The van der Waals surface area contributed by atoms with Crippen molar-refractivity contribution >= 4 is 187 Å². The maximum Gasteiger partial charge on any atom is 0.252 e. The monoisotopic (exact) mass is 1530 g/mol. The molecule has 554 valence electrons. The zero-order valence-corrected chi connectivity index (χ0v) is 64.7. The lowest BCUT2D eigenvalue weighted by Gasteiger charge is -2.46. The van der Waals surface area contributed by atoms with Crippen LogP contribution in [0.15, 0.2) is 400 Å². The van der Waals surface area contributed by atoms with E-state index in [0.717, 1.165) is 175 Å². The van der Waals surface area contributed by atoms with Gasteiger partial charge in [0.2, 0.25) is 0 Å². The molecule has 0 atom stereocenters. The van der Waals surface area contributed by atoms with E-state index < -0.39 is 109 Å².